The van der Waals surface area contributed by atoms with Crippen molar-refractivity contribution in [3.8, 4) is 33.4 Å². The van der Waals surface area contributed by atoms with Gasteiger partial charge in [0.05, 0.1) is 22.2 Å². The Kier molecular flexibility index (Phi) is 11.1. The summed E-state index contributed by atoms with van der Waals surface area (Å²) in [6.45, 7) is 13.2. The first kappa shape index (κ1) is 47.0. The lowest BCUT2D eigenvalue weighted by Crippen LogP contribution is -2.27. The smallest absolute Gasteiger partial charge is 0.145 e. The number of hydrogen-bond donors (Lipinski definition) is 0. The van der Waals surface area contributed by atoms with E-state index in [0.717, 1.165) is 67.0 Å². The minimum atomic E-state index is -0.724. The maximum Gasteiger partial charge on any atom is 0.145 e. The molecule has 1 atom stereocenters. The lowest BCUT2D eigenvalue weighted by atomic mass is 9.69. The van der Waals surface area contributed by atoms with Crippen LogP contribution < -0.4 is 9.80 Å². The summed E-state index contributed by atoms with van der Waals surface area (Å²) in [5.74, 6) is 0. The molecule has 0 N–H and O–H groups in total. The van der Waals surface area contributed by atoms with Crippen molar-refractivity contribution in [2.75, 3.05) is 9.80 Å². The quantitative estimate of drug-likeness (QED) is 0.144. The van der Waals surface area contributed by atoms with Crippen LogP contribution in [0.4, 0.5) is 34.1 Å². The zero-order chi connectivity index (χ0) is 52.8. The van der Waals surface area contributed by atoms with Gasteiger partial charge >= 0.3 is 0 Å². The Labute approximate surface area is 457 Å². The van der Waals surface area contributed by atoms with E-state index < -0.39 is 5.41 Å². The van der Waals surface area contributed by atoms with Gasteiger partial charge in [-0.25, -0.2) is 0 Å². The topological polar surface area (TPSA) is 19.6 Å². The number of rotatable bonds is 9. The van der Waals surface area contributed by atoms with Crippen molar-refractivity contribution < 1.29 is 4.42 Å². The van der Waals surface area contributed by atoms with Crippen LogP contribution in [0.1, 0.15) is 58.4 Å². The third kappa shape index (κ3) is 7.11. The van der Waals surface area contributed by atoms with Gasteiger partial charge in [0.1, 0.15) is 11.2 Å². The van der Waals surface area contributed by atoms with E-state index in [1.807, 2.05) is 0 Å². The van der Waals surface area contributed by atoms with Crippen LogP contribution in [-0.2, 0) is 5.41 Å². The standard InChI is InChI=1S/C75H58N2O/c1-7-18-60-51(6)75(65-27-16-14-23-61(60)65)66-45-68(76(54-37-29-47(2)30-38-54)56-41-33-52(34-42-56)58-21-10-8-19-49(58)4)62-24-12-13-25-63(62)71(66)73-67(75)46-69(72-64-26-15-17-28-70(64)78-74(72)73)77(55-39-31-48(3)32-40-55)57-43-35-53(36-44-57)59-22-11-9-20-50(59)5/h7-46H,1-6H3/b18-7-. The number of nitrogens with zero attached hydrogens (tertiary/aromatic N) is 2. The van der Waals surface area contributed by atoms with Gasteiger partial charge in [-0.05, 0) is 186 Å². The highest BCUT2D eigenvalue weighted by molar-refractivity contribution is 6.23. The molecule has 2 aliphatic rings. The molecular weight excluding hydrogens is 945 g/mol. The van der Waals surface area contributed by atoms with Crippen molar-refractivity contribution in [1.82, 2.24) is 0 Å². The van der Waals surface area contributed by atoms with Crippen molar-refractivity contribution in [3.05, 3.63) is 293 Å². The van der Waals surface area contributed by atoms with Gasteiger partial charge < -0.3 is 14.2 Å². The van der Waals surface area contributed by atoms with Gasteiger partial charge in [0.2, 0.25) is 0 Å². The highest BCUT2D eigenvalue weighted by Gasteiger charge is 2.53. The predicted octanol–water partition coefficient (Wildman–Crippen LogP) is 20.9. The van der Waals surface area contributed by atoms with E-state index in [4.69, 9.17) is 4.42 Å². The van der Waals surface area contributed by atoms with E-state index in [1.165, 1.54) is 88.9 Å². The van der Waals surface area contributed by atoms with Crippen LogP contribution >= 0.6 is 0 Å². The molecule has 0 saturated heterocycles. The zero-order valence-electron chi connectivity index (χ0n) is 44.9. The Morgan fingerprint density at radius 1 is 0.397 bits per heavy atom. The lowest BCUT2D eigenvalue weighted by Gasteiger charge is -2.34. The number of fused-ring (bicyclic) bond motifs is 13. The predicted molar refractivity (Wildman–Crippen MR) is 330 cm³/mol. The van der Waals surface area contributed by atoms with Crippen LogP contribution in [0, 0.1) is 27.7 Å². The SMILES string of the molecule is C/C=C\C1=C(C)C2(c3ccccc31)c1cc(N(c3ccc(C)cc3)c3ccc(-c4ccccc4C)cc3)c3ccccc3c1-c1c2cc(N(c2ccc(C)cc2)c2ccc(-c3ccccc3C)cc2)c2c1oc1ccccc12. The van der Waals surface area contributed by atoms with Gasteiger partial charge in [0, 0.05) is 39.1 Å². The summed E-state index contributed by atoms with van der Waals surface area (Å²) in [7, 11) is 0. The second kappa shape index (κ2) is 18.4. The van der Waals surface area contributed by atoms with E-state index in [-0.39, 0.29) is 0 Å². The van der Waals surface area contributed by atoms with E-state index in [1.54, 1.807) is 0 Å². The molecule has 14 rings (SSSR count). The fourth-order valence-corrected chi connectivity index (χ4v) is 13.2. The highest BCUT2D eigenvalue weighted by Crippen LogP contribution is 2.67. The molecule has 0 fully saturated rings. The van der Waals surface area contributed by atoms with Gasteiger partial charge in [-0.15, -0.1) is 0 Å². The first-order valence-electron chi connectivity index (χ1n) is 27.3. The molecule has 1 aromatic heterocycles. The molecule has 3 heteroatoms. The van der Waals surface area contributed by atoms with E-state index in [0.29, 0.717) is 0 Å². The average molecular weight is 1000 g/mol. The molecule has 374 valence electrons. The molecule has 1 heterocycles. The maximum absolute atomic E-state index is 7.49. The first-order valence-corrected chi connectivity index (χ1v) is 27.3. The van der Waals surface area contributed by atoms with Gasteiger partial charge in [0.15, 0.2) is 0 Å². The number of benzene rings is 11. The fraction of sp³-hybridized carbons (Fsp3) is 0.0933. The first-order chi connectivity index (χ1) is 38.2. The summed E-state index contributed by atoms with van der Waals surface area (Å²) in [5.41, 5.74) is 27.2. The van der Waals surface area contributed by atoms with Crippen LogP contribution in [0.5, 0.6) is 0 Å². The number of para-hydroxylation sites is 1. The molecule has 0 bridgehead atoms. The van der Waals surface area contributed by atoms with Crippen molar-refractivity contribution in [1.29, 1.82) is 0 Å². The molecule has 0 radical (unpaired) electrons. The summed E-state index contributed by atoms with van der Waals surface area (Å²) >= 11 is 0. The van der Waals surface area contributed by atoms with E-state index in [9.17, 15) is 0 Å². The summed E-state index contributed by atoms with van der Waals surface area (Å²) in [6.07, 6.45) is 4.52. The van der Waals surface area contributed by atoms with Crippen LogP contribution in [-0.4, -0.2) is 0 Å². The number of anilines is 6. The Bertz CT molecular complexity index is 4420. The number of hydrogen-bond acceptors (Lipinski definition) is 3. The summed E-state index contributed by atoms with van der Waals surface area (Å²) in [4.78, 5) is 4.95. The normalized spacial score (nSPS) is 14.5. The molecule has 78 heavy (non-hydrogen) atoms. The Morgan fingerprint density at radius 3 is 1.41 bits per heavy atom. The molecule has 1 spiro atoms. The van der Waals surface area contributed by atoms with Gasteiger partial charge in [0.25, 0.3) is 0 Å². The third-order valence-electron chi connectivity index (χ3n) is 16.9. The molecule has 0 saturated carbocycles. The number of aryl methyl sites for hydroxylation is 4. The summed E-state index contributed by atoms with van der Waals surface area (Å²) in [6, 6.07) is 85.5. The van der Waals surface area contributed by atoms with Crippen LogP contribution in [0.2, 0.25) is 0 Å². The van der Waals surface area contributed by atoms with Gasteiger partial charge in [-0.1, -0.05) is 187 Å². The molecular formula is C75H58N2O. The molecule has 0 aliphatic heterocycles. The highest BCUT2D eigenvalue weighted by atomic mass is 16.3. The maximum atomic E-state index is 7.49. The summed E-state index contributed by atoms with van der Waals surface area (Å²) < 4.78 is 7.49. The largest absolute Gasteiger partial charge is 0.455 e. The van der Waals surface area contributed by atoms with E-state index in [2.05, 4.69) is 294 Å². The van der Waals surface area contributed by atoms with Crippen molar-refractivity contribution >= 4 is 72.4 Å². The van der Waals surface area contributed by atoms with Gasteiger partial charge in [-0.3, -0.25) is 0 Å². The summed E-state index contributed by atoms with van der Waals surface area (Å²) in [5, 5.41) is 4.50. The fourth-order valence-electron chi connectivity index (χ4n) is 13.2. The van der Waals surface area contributed by atoms with Crippen molar-refractivity contribution in [2.45, 2.75) is 47.0 Å². The molecule has 0 amide bonds. The number of allylic oxidation sites excluding steroid dienone is 4. The van der Waals surface area contributed by atoms with Crippen LogP contribution in [0.3, 0.4) is 0 Å². The van der Waals surface area contributed by atoms with Crippen LogP contribution in [0.15, 0.2) is 253 Å². The number of furan rings is 1. The molecule has 3 nitrogen and oxygen atoms in total. The lowest BCUT2D eigenvalue weighted by molar-refractivity contribution is 0.669. The Balaban J connectivity index is 1.11. The second-order valence-corrected chi connectivity index (χ2v) is 21.4. The van der Waals surface area contributed by atoms with Gasteiger partial charge in [-0.2, -0.15) is 0 Å². The Hall–Kier alpha value is -9.44. The zero-order valence-corrected chi connectivity index (χ0v) is 44.9. The monoisotopic (exact) mass is 1000 g/mol. The Morgan fingerprint density at radius 2 is 0.846 bits per heavy atom. The van der Waals surface area contributed by atoms with E-state index >= 15 is 0 Å². The average Bonchev–Trinajstić information content (AvgIpc) is 3.13. The van der Waals surface area contributed by atoms with Crippen LogP contribution in [0.25, 0.3) is 71.7 Å². The van der Waals surface area contributed by atoms with Crippen molar-refractivity contribution in [2.24, 2.45) is 0 Å². The third-order valence-corrected chi connectivity index (χ3v) is 16.9. The minimum absolute atomic E-state index is 0.724. The second-order valence-electron chi connectivity index (χ2n) is 21.4. The molecule has 2 aliphatic carbocycles. The molecule has 11 aromatic carbocycles. The molecule has 12 aromatic rings. The molecule has 1 unspecified atom stereocenters. The van der Waals surface area contributed by atoms with Crippen molar-refractivity contribution in [3.63, 3.8) is 0 Å². The minimum Gasteiger partial charge on any atom is -0.455 e.